The van der Waals surface area contributed by atoms with Gasteiger partial charge in [0.05, 0.1) is 36.7 Å². The fourth-order valence-electron chi connectivity index (χ4n) is 8.05. The van der Waals surface area contributed by atoms with Crippen molar-refractivity contribution in [3.8, 4) is 28.5 Å². The number of anilines is 1. The number of carbonyl (C=O) groups is 3. The first-order chi connectivity index (χ1) is 24.7. The normalized spacial score (nSPS) is 21.1. The molecule has 262 valence electrons. The number of aromatic nitrogens is 5. The fraction of sp³-hybridized carbons (Fsp3) is 0.421. The summed E-state index contributed by atoms with van der Waals surface area (Å²) in [5, 5.41) is 3.74. The van der Waals surface area contributed by atoms with Crippen molar-refractivity contribution in [2.75, 3.05) is 26.1 Å². The number of fused-ring (bicyclic) bond motifs is 4. The van der Waals surface area contributed by atoms with Crippen molar-refractivity contribution < 1.29 is 23.9 Å². The highest BCUT2D eigenvalue weighted by Crippen LogP contribution is 2.41. The van der Waals surface area contributed by atoms with Crippen molar-refractivity contribution in [3.63, 3.8) is 0 Å². The number of nitrogens with zero attached hydrogens (tertiary/aromatic N) is 6. The summed E-state index contributed by atoms with van der Waals surface area (Å²) in [5.41, 5.74) is 11.4. The van der Waals surface area contributed by atoms with Crippen molar-refractivity contribution in [1.29, 1.82) is 0 Å². The molecule has 3 N–H and O–H groups in total. The lowest BCUT2D eigenvalue weighted by Gasteiger charge is -2.27. The van der Waals surface area contributed by atoms with Crippen LogP contribution in [0.15, 0.2) is 42.6 Å². The number of imidazole rings is 1. The third kappa shape index (κ3) is 5.33. The van der Waals surface area contributed by atoms with E-state index in [-0.39, 0.29) is 35.4 Å². The third-order valence-electron chi connectivity index (χ3n) is 11.2. The smallest absolute Gasteiger partial charge is 0.338 e. The molecular weight excluding hydrogens is 648 g/mol. The van der Waals surface area contributed by atoms with Crippen molar-refractivity contribution in [2.45, 2.75) is 57.2 Å². The van der Waals surface area contributed by atoms with Crippen LogP contribution in [-0.2, 0) is 23.1 Å². The predicted molar refractivity (Wildman–Crippen MR) is 190 cm³/mol. The highest BCUT2D eigenvalue weighted by Gasteiger charge is 2.47. The van der Waals surface area contributed by atoms with E-state index in [0.717, 1.165) is 73.1 Å². The van der Waals surface area contributed by atoms with E-state index in [1.54, 1.807) is 19.4 Å². The zero-order valence-electron chi connectivity index (χ0n) is 28.9. The van der Waals surface area contributed by atoms with Crippen LogP contribution in [0.1, 0.15) is 59.2 Å². The Hall–Kier alpha value is -5.30. The number of hydrogen-bond acceptors (Lipinski definition) is 9. The Morgan fingerprint density at radius 3 is 2.51 bits per heavy atom. The quantitative estimate of drug-likeness (QED) is 0.208. The molecule has 0 spiro atoms. The van der Waals surface area contributed by atoms with Crippen molar-refractivity contribution in [3.05, 3.63) is 53.7 Å². The Labute approximate surface area is 294 Å². The molecule has 3 saturated carbocycles. The predicted octanol–water partition coefficient (Wildman–Crippen LogP) is 4.77. The lowest BCUT2D eigenvalue weighted by atomic mass is 10.1. The van der Waals surface area contributed by atoms with Crippen LogP contribution < -0.4 is 15.8 Å². The monoisotopic (exact) mass is 688 g/mol. The van der Waals surface area contributed by atoms with Gasteiger partial charge in [-0.05, 0) is 86.8 Å². The second-order valence-corrected chi connectivity index (χ2v) is 14.5. The number of benzene rings is 1. The average Bonchev–Trinajstić information content (AvgIpc) is 4.06. The van der Waals surface area contributed by atoms with Gasteiger partial charge in [0.2, 0.25) is 5.91 Å². The lowest BCUT2D eigenvalue weighted by Crippen LogP contribution is -2.41. The molecule has 2 bridgehead atoms. The molecule has 5 heterocycles. The first kappa shape index (κ1) is 31.7. The van der Waals surface area contributed by atoms with Crippen LogP contribution in [0.5, 0.6) is 5.75 Å². The number of likely N-dealkylation sites (tertiary alicyclic amines) is 1. The van der Waals surface area contributed by atoms with Gasteiger partial charge < -0.3 is 34.6 Å². The maximum atomic E-state index is 13.8. The molecule has 1 aromatic carbocycles. The molecule has 51 heavy (non-hydrogen) atoms. The topological polar surface area (TPSA) is 159 Å². The molecule has 3 aliphatic carbocycles. The zero-order chi connectivity index (χ0) is 35.1. The number of methoxy groups -OCH3 is 2. The first-order valence-electron chi connectivity index (χ1n) is 17.7. The van der Waals surface area contributed by atoms with Gasteiger partial charge in [-0.1, -0.05) is 0 Å². The molecule has 0 radical (unpaired) electrons. The van der Waals surface area contributed by atoms with Crippen molar-refractivity contribution in [2.24, 2.45) is 30.5 Å². The number of ether oxygens (including phenoxy) is 2. The SMILES string of the molecule is COC(=O)c1cc(NC(=O)C2CC2)ncc1-c1ccc2cc(-c3nc4cc(C(=O)N5CC6CCC5C6N)cc(OC)c4n3C)n(CC3CC3)c2n1. The number of pyridine rings is 2. The molecule has 13 heteroatoms. The van der Waals surface area contributed by atoms with Crippen LogP contribution in [0.25, 0.3) is 44.8 Å². The Kier molecular flexibility index (Phi) is 7.39. The number of carbonyl (C=O) groups excluding carboxylic acids is 3. The summed E-state index contributed by atoms with van der Waals surface area (Å²) in [7, 11) is 4.90. The van der Waals surface area contributed by atoms with Crippen LogP contribution in [-0.4, -0.2) is 79.6 Å². The van der Waals surface area contributed by atoms with Crippen LogP contribution in [0, 0.1) is 17.8 Å². The van der Waals surface area contributed by atoms with E-state index in [4.69, 9.17) is 25.2 Å². The van der Waals surface area contributed by atoms with E-state index in [1.807, 2.05) is 40.8 Å². The van der Waals surface area contributed by atoms with Gasteiger partial charge in [0, 0.05) is 60.8 Å². The molecule has 3 unspecified atom stereocenters. The summed E-state index contributed by atoms with van der Waals surface area (Å²) in [4.78, 5) is 55.8. The van der Waals surface area contributed by atoms with Gasteiger partial charge in [-0.3, -0.25) is 9.59 Å². The van der Waals surface area contributed by atoms with Gasteiger partial charge in [0.25, 0.3) is 5.91 Å². The molecule has 3 atom stereocenters. The van der Waals surface area contributed by atoms with Gasteiger partial charge in [-0.25, -0.2) is 19.7 Å². The number of amides is 2. The maximum Gasteiger partial charge on any atom is 0.338 e. The third-order valence-corrected chi connectivity index (χ3v) is 11.2. The lowest BCUT2D eigenvalue weighted by molar-refractivity contribution is -0.117. The number of aryl methyl sites for hydroxylation is 1. The average molecular weight is 689 g/mol. The minimum Gasteiger partial charge on any atom is -0.494 e. The summed E-state index contributed by atoms with van der Waals surface area (Å²) in [6.45, 7) is 1.44. The molecule has 1 saturated heterocycles. The summed E-state index contributed by atoms with van der Waals surface area (Å²) in [5.74, 6) is 1.80. The van der Waals surface area contributed by atoms with Crippen LogP contribution in [0.2, 0.25) is 0 Å². The molecule has 4 fully saturated rings. The van der Waals surface area contributed by atoms with Gasteiger partial charge in [-0.2, -0.15) is 0 Å². The summed E-state index contributed by atoms with van der Waals surface area (Å²) < 4.78 is 15.2. The number of esters is 1. The van der Waals surface area contributed by atoms with Gasteiger partial charge in [0.1, 0.15) is 22.7 Å². The number of nitrogens with two attached hydrogens (primary N) is 1. The first-order valence-corrected chi connectivity index (χ1v) is 17.7. The van der Waals surface area contributed by atoms with E-state index >= 15 is 0 Å². The molecule has 2 amide bonds. The van der Waals surface area contributed by atoms with Gasteiger partial charge in [0.15, 0.2) is 5.82 Å². The second kappa shape index (κ2) is 11.9. The summed E-state index contributed by atoms with van der Waals surface area (Å²) in [6.07, 6.45) is 7.56. The van der Waals surface area contributed by atoms with E-state index in [9.17, 15) is 14.4 Å². The van der Waals surface area contributed by atoms with Gasteiger partial charge in [-0.15, -0.1) is 0 Å². The minimum absolute atomic E-state index is 0.00280. The van der Waals surface area contributed by atoms with Crippen LogP contribution in [0.3, 0.4) is 0 Å². The molecule has 4 aromatic heterocycles. The molecule has 4 aliphatic rings. The number of piperidine rings is 1. The van der Waals surface area contributed by atoms with E-state index in [2.05, 4.69) is 20.9 Å². The zero-order valence-corrected chi connectivity index (χ0v) is 28.9. The maximum absolute atomic E-state index is 13.8. The van der Waals surface area contributed by atoms with E-state index in [1.165, 1.54) is 7.11 Å². The Morgan fingerprint density at radius 2 is 1.82 bits per heavy atom. The molecule has 5 aromatic rings. The fourth-order valence-corrected chi connectivity index (χ4v) is 8.05. The largest absolute Gasteiger partial charge is 0.494 e. The standard InChI is InChI=1S/C38H40N8O5/c1-44-33-27(12-23(14-30(33)50-2)37(48)46-18-22-9-11-28(46)32(22)39)42-35(44)29-13-21-8-10-26(41-34(21)45(29)17-19-4-5-19)25-16-40-31(15-24(25)38(49)51-3)43-36(47)20-6-7-20/h8,10,12-16,19-20,22,28,32H,4-7,9,11,17-18,39H2,1-3H3,(H,40,43,47). The summed E-state index contributed by atoms with van der Waals surface area (Å²) >= 11 is 0. The number of rotatable bonds is 9. The Balaban J connectivity index is 1.12. The highest BCUT2D eigenvalue weighted by molar-refractivity contribution is 6.01. The Bertz CT molecular complexity index is 2270. The number of hydrogen-bond donors (Lipinski definition) is 2. The van der Waals surface area contributed by atoms with Gasteiger partial charge >= 0.3 is 5.97 Å². The van der Waals surface area contributed by atoms with Crippen LogP contribution >= 0.6 is 0 Å². The second-order valence-electron chi connectivity index (χ2n) is 14.5. The molecule has 9 rings (SSSR count). The molecular formula is C38H40N8O5. The Morgan fingerprint density at radius 1 is 1.00 bits per heavy atom. The molecule has 1 aliphatic heterocycles. The van der Waals surface area contributed by atoms with Crippen molar-refractivity contribution >= 4 is 45.7 Å². The van der Waals surface area contributed by atoms with Crippen LogP contribution in [0.4, 0.5) is 5.82 Å². The summed E-state index contributed by atoms with van der Waals surface area (Å²) in [6, 6.07) is 11.3. The minimum atomic E-state index is -0.545. The van der Waals surface area contributed by atoms with Crippen molar-refractivity contribution in [1.82, 2.24) is 29.0 Å². The highest BCUT2D eigenvalue weighted by atomic mass is 16.5. The molecule has 13 nitrogen and oxygen atoms in total. The van der Waals surface area contributed by atoms with E-state index in [0.29, 0.717) is 52.3 Å². The number of nitrogens with one attached hydrogen (secondary N) is 1. The van der Waals surface area contributed by atoms with E-state index < -0.39 is 5.97 Å².